The zero-order valence-electron chi connectivity index (χ0n) is 30.8. The second-order valence-corrected chi connectivity index (χ2v) is 18.9. The van der Waals surface area contributed by atoms with E-state index in [1.165, 1.54) is 4.90 Å². The molecule has 3 aliphatic heterocycles. The number of primary amides is 1. The van der Waals surface area contributed by atoms with Crippen LogP contribution in [0.5, 0.6) is 0 Å². The van der Waals surface area contributed by atoms with Gasteiger partial charge in [0.05, 0.1) is 23.8 Å². The van der Waals surface area contributed by atoms with Crippen molar-refractivity contribution in [2.24, 2.45) is 17.1 Å². The molecule has 55 heavy (non-hydrogen) atoms. The van der Waals surface area contributed by atoms with E-state index >= 15 is 0 Å². The van der Waals surface area contributed by atoms with Gasteiger partial charge in [-0.2, -0.15) is 0 Å². The van der Waals surface area contributed by atoms with E-state index in [0.29, 0.717) is 64.7 Å². The van der Waals surface area contributed by atoms with Crippen molar-refractivity contribution < 1.29 is 32.3 Å². The number of carbonyl (C=O) groups excluding carboxylic acids is 4. The Morgan fingerprint density at radius 2 is 1.85 bits per heavy atom. The number of nitrogens with zero attached hydrogens (tertiary/aromatic N) is 3. The standard InChI is InChI=1S/C38H47IN6O9S/c1-38(36(50)42-55(52,53)25-13-14-25)18-23(38)10-5-3-2-4-6-12-28(41-30-31(33(47)32(30)46)43-15-8-16-43)35(49)45-20-24(17-29(45)34(40)48)54-37(51)44-19-22-9-7-11-27(39)26(22)21-44/h5,7,9-11,23-25,28-29,41H,2-4,6,8,12-21H2,1H3,(H2,40,48)(H,42,50)/b10-5-/t23-,24-,28+,29+,38+/m1/s1. The van der Waals surface area contributed by atoms with Crippen LogP contribution in [0.4, 0.5) is 16.2 Å². The summed E-state index contributed by atoms with van der Waals surface area (Å²) in [6.07, 6.45) is 8.41. The summed E-state index contributed by atoms with van der Waals surface area (Å²) in [5.74, 6) is -1.69. The number of allylic oxidation sites excluding steroid dienone is 2. The van der Waals surface area contributed by atoms with Gasteiger partial charge in [-0.25, -0.2) is 13.2 Å². The SMILES string of the molecule is C[C@]1(C(=O)NS(=O)(=O)C2CC2)C[C@H]1/C=C\CCCCC[C@H](Nc1c(N2CCC2)c(=O)c1=O)C(=O)N1C[C@H](OC(=O)N2Cc3cccc(I)c3C2)C[C@H]1C(N)=O. The molecule has 2 aromatic rings. The van der Waals surface area contributed by atoms with E-state index in [9.17, 15) is 37.2 Å². The van der Waals surface area contributed by atoms with Crippen LogP contribution in [-0.4, -0.2) is 85.1 Å². The summed E-state index contributed by atoms with van der Waals surface area (Å²) in [7, 11) is -3.59. The third-order valence-electron chi connectivity index (χ3n) is 11.8. The lowest BCUT2D eigenvalue weighted by molar-refractivity contribution is -0.138. The lowest BCUT2D eigenvalue weighted by atomic mass is 10.0. The molecule has 7 rings (SSSR count). The molecule has 5 atom stereocenters. The highest BCUT2D eigenvalue weighted by Crippen LogP contribution is 2.53. The molecule has 0 aromatic heterocycles. The summed E-state index contributed by atoms with van der Waals surface area (Å²) < 4.78 is 33.6. The molecule has 3 heterocycles. The fraction of sp³-hybridized carbons (Fsp3) is 0.579. The Balaban J connectivity index is 0.953. The lowest BCUT2D eigenvalue weighted by Gasteiger charge is -2.36. The number of hydrogen-bond donors (Lipinski definition) is 3. The van der Waals surface area contributed by atoms with Gasteiger partial charge in [-0.1, -0.05) is 44.1 Å². The lowest BCUT2D eigenvalue weighted by Crippen LogP contribution is -2.52. The van der Waals surface area contributed by atoms with Crippen LogP contribution in [-0.2, 0) is 42.2 Å². The number of benzene rings is 1. The predicted octanol–water partition coefficient (Wildman–Crippen LogP) is 2.63. The molecule has 4 fully saturated rings. The van der Waals surface area contributed by atoms with Crippen molar-refractivity contribution in [2.45, 2.75) is 108 Å². The number of fused-ring (bicyclic) bond motifs is 1. The molecule has 2 saturated carbocycles. The summed E-state index contributed by atoms with van der Waals surface area (Å²) in [6.45, 7) is 3.80. The van der Waals surface area contributed by atoms with Crippen LogP contribution in [0.3, 0.4) is 0 Å². The summed E-state index contributed by atoms with van der Waals surface area (Å²) in [5, 5.41) is 2.61. The smallest absolute Gasteiger partial charge is 0.410 e. The highest BCUT2D eigenvalue weighted by atomic mass is 127. The van der Waals surface area contributed by atoms with Gasteiger partial charge in [0.25, 0.3) is 10.9 Å². The number of ether oxygens (including phenoxy) is 1. The third kappa shape index (κ3) is 8.14. The normalized spacial score (nSPS) is 25.1. The molecule has 2 aliphatic carbocycles. The first-order chi connectivity index (χ1) is 26.2. The Hall–Kier alpha value is -4.00. The number of unbranched alkanes of at least 4 members (excludes halogenated alkanes) is 3. The Morgan fingerprint density at radius 1 is 1.09 bits per heavy atom. The monoisotopic (exact) mass is 890 g/mol. The molecule has 2 aromatic carbocycles. The molecular formula is C38H47IN6O9S. The van der Waals surface area contributed by atoms with Gasteiger partial charge in [-0.15, -0.1) is 0 Å². The minimum atomic E-state index is -3.59. The van der Waals surface area contributed by atoms with Crippen LogP contribution >= 0.6 is 22.6 Å². The second-order valence-electron chi connectivity index (χ2n) is 15.8. The van der Waals surface area contributed by atoms with Gasteiger partial charge in [0.2, 0.25) is 27.7 Å². The van der Waals surface area contributed by atoms with Crippen LogP contribution in [0.15, 0.2) is 39.9 Å². The molecule has 4 amide bonds. The molecule has 0 radical (unpaired) electrons. The van der Waals surface area contributed by atoms with E-state index in [1.54, 1.807) is 11.8 Å². The van der Waals surface area contributed by atoms with Gasteiger partial charge in [-0.05, 0) is 90.6 Å². The first-order valence-electron chi connectivity index (χ1n) is 19.1. The van der Waals surface area contributed by atoms with Gasteiger partial charge in [0, 0.05) is 29.6 Å². The molecule has 17 heteroatoms. The van der Waals surface area contributed by atoms with E-state index in [2.05, 4.69) is 32.6 Å². The Labute approximate surface area is 333 Å². The average molecular weight is 891 g/mol. The maximum atomic E-state index is 14.2. The fourth-order valence-electron chi connectivity index (χ4n) is 7.80. The van der Waals surface area contributed by atoms with Gasteiger partial charge >= 0.3 is 6.09 Å². The Morgan fingerprint density at radius 3 is 2.53 bits per heavy atom. The van der Waals surface area contributed by atoms with Crippen molar-refractivity contribution in [1.29, 1.82) is 0 Å². The zero-order chi connectivity index (χ0) is 39.2. The number of rotatable bonds is 16. The fourth-order valence-corrected chi connectivity index (χ4v) is 9.94. The third-order valence-corrected chi connectivity index (χ3v) is 14.6. The van der Waals surface area contributed by atoms with Crippen molar-refractivity contribution >= 4 is 67.8 Å². The number of nitrogens with two attached hydrogens (primary N) is 1. The van der Waals surface area contributed by atoms with E-state index < -0.39 is 73.5 Å². The predicted molar refractivity (Wildman–Crippen MR) is 212 cm³/mol. The quantitative estimate of drug-likeness (QED) is 0.0968. The largest absolute Gasteiger partial charge is 0.444 e. The molecular weight excluding hydrogens is 843 g/mol. The number of likely N-dealkylation sites (tertiary alicyclic amines) is 1. The molecule has 2 saturated heterocycles. The van der Waals surface area contributed by atoms with Gasteiger partial charge in [0.1, 0.15) is 29.6 Å². The Bertz CT molecular complexity index is 2090. The van der Waals surface area contributed by atoms with Crippen LogP contribution in [0, 0.1) is 14.9 Å². The van der Waals surface area contributed by atoms with Crippen LogP contribution in [0.2, 0.25) is 0 Å². The first kappa shape index (κ1) is 39.2. The Kier molecular flexibility index (Phi) is 11.1. The van der Waals surface area contributed by atoms with Crippen molar-refractivity contribution in [3.05, 3.63) is 65.5 Å². The van der Waals surface area contributed by atoms with E-state index in [-0.39, 0.29) is 30.3 Å². The van der Waals surface area contributed by atoms with Gasteiger partial charge in [0.15, 0.2) is 0 Å². The van der Waals surface area contributed by atoms with Crippen molar-refractivity contribution in [3.63, 3.8) is 0 Å². The van der Waals surface area contributed by atoms with E-state index in [4.69, 9.17) is 10.5 Å². The van der Waals surface area contributed by atoms with Crippen LogP contribution < -0.4 is 31.5 Å². The van der Waals surface area contributed by atoms with Crippen molar-refractivity contribution in [3.8, 4) is 0 Å². The number of halogens is 1. The maximum absolute atomic E-state index is 14.2. The highest BCUT2D eigenvalue weighted by Gasteiger charge is 2.56. The number of hydrogen-bond acceptors (Lipinski definition) is 11. The maximum Gasteiger partial charge on any atom is 0.410 e. The van der Waals surface area contributed by atoms with E-state index in [1.807, 2.05) is 35.3 Å². The van der Waals surface area contributed by atoms with Crippen LogP contribution in [0.25, 0.3) is 0 Å². The summed E-state index contributed by atoms with van der Waals surface area (Å²) in [6, 6.07) is 3.92. The van der Waals surface area contributed by atoms with Crippen LogP contribution in [0.1, 0.15) is 82.3 Å². The van der Waals surface area contributed by atoms with Gasteiger partial charge < -0.3 is 25.6 Å². The highest BCUT2D eigenvalue weighted by molar-refractivity contribution is 14.1. The minimum absolute atomic E-state index is 0.0398. The molecule has 0 spiro atoms. The first-order valence-corrected chi connectivity index (χ1v) is 21.7. The number of carbonyl (C=O) groups is 4. The number of nitrogens with one attached hydrogen (secondary N) is 2. The zero-order valence-corrected chi connectivity index (χ0v) is 33.7. The second kappa shape index (κ2) is 15.5. The van der Waals surface area contributed by atoms with Crippen molar-refractivity contribution in [2.75, 3.05) is 29.9 Å². The molecule has 296 valence electrons. The van der Waals surface area contributed by atoms with Gasteiger partial charge in [-0.3, -0.25) is 33.6 Å². The number of anilines is 2. The summed E-state index contributed by atoms with van der Waals surface area (Å²) >= 11 is 2.24. The average Bonchev–Trinajstić information content (AvgIpc) is 4.00. The molecule has 4 N–H and O–H groups in total. The summed E-state index contributed by atoms with van der Waals surface area (Å²) in [5.41, 5.74) is 6.25. The molecule has 15 nitrogen and oxygen atoms in total. The molecule has 0 unspecified atom stereocenters. The van der Waals surface area contributed by atoms with Crippen molar-refractivity contribution in [1.82, 2.24) is 14.5 Å². The number of sulfonamides is 1. The molecule has 5 aliphatic rings. The molecule has 0 bridgehead atoms. The number of amides is 4. The minimum Gasteiger partial charge on any atom is -0.444 e. The summed E-state index contributed by atoms with van der Waals surface area (Å²) in [4.78, 5) is 82.8. The topological polar surface area (TPSA) is 206 Å². The van der Waals surface area contributed by atoms with E-state index in [0.717, 1.165) is 34.0 Å².